The van der Waals surface area contributed by atoms with E-state index in [1.165, 1.54) is 0 Å². The molecule has 0 aromatic carbocycles. The number of hydrogen-bond donors (Lipinski definition) is 1. The van der Waals surface area contributed by atoms with Crippen molar-refractivity contribution in [2.75, 3.05) is 0 Å². The quantitative estimate of drug-likeness (QED) is 0.382. The van der Waals surface area contributed by atoms with Gasteiger partial charge < -0.3 is 15.1 Å². The molecule has 0 atom stereocenters. The Bertz CT molecular complexity index is 244. The summed E-state index contributed by atoms with van der Waals surface area (Å²) in [6, 6.07) is 0. The zero-order chi connectivity index (χ0) is 8.10. The molecule has 1 rings (SSSR count). The van der Waals surface area contributed by atoms with E-state index in [1.54, 1.807) is 6.92 Å². The van der Waals surface area contributed by atoms with Gasteiger partial charge in [0.05, 0.1) is 0 Å². The lowest BCUT2D eigenvalue weighted by Crippen LogP contribution is -1.87. The fourth-order valence-electron chi connectivity index (χ4n) is 0.513. The molecular formula is C4H7N5O2. The van der Waals surface area contributed by atoms with Crippen LogP contribution in [0.25, 0.3) is 0 Å². The standard InChI is InChI=1S/C4H7N5O2/c1-3-6-7-4(11-3)2-10-9-8-5/h2H2,1H3,(H2,5,9). The number of nitrogens with two attached hydrogens (primary N) is 1. The highest BCUT2D eigenvalue weighted by atomic mass is 16.6. The first-order chi connectivity index (χ1) is 5.33. The van der Waals surface area contributed by atoms with Crippen LogP contribution in [0.1, 0.15) is 11.8 Å². The Morgan fingerprint density at radius 1 is 1.64 bits per heavy atom. The smallest absolute Gasteiger partial charge is 0.256 e. The highest BCUT2D eigenvalue weighted by molar-refractivity contribution is 4.74. The number of rotatable bonds is 3. The van der Waals surface area contributed by atoms with Gasteiger partial charge in [0.1, 0.15) is 0 Å². The van der Waals surface area contributed by atoms with Crippen molar-refractivity contribution < 1.29 is 9.25 Å². The van der Waals surface area contributed by atoms with Crippen LogP contribution in [0.4, 0.5) is 0 Å². The van der Waals surface area contributed by atoms with Gasteiger partial charge in [-0.1, -0.05) is 0 Å². The molecule has 0 aliphatic heterocycles. The maximum Gasteiger partial charge on any atom is 0.256 e. The van der Waals surface area contributed by atoms with Crippen molar-refractivity contribution in [1.29, 1.82) is 0 Å². The van der Waals surface area contributed by atoms with E-state index >= 15 is 0 Å². The number of nitrogens with zero attached hydrogens (tertiary/aromatic N) is 4. The first-order valence-electron chi connectivity index (χ1n) is 2.84. The third kappa shape index (κ3) is 2.20. The van der Waals surface area contributed by atoms with Crippen molar-refractivity contribution >= 4 is 0 Å². The molecule has 1 aromatic heterocycles. The predicted octanol–water partition coefficient (Wildman–Crippen LogP) is 0.136. The van der Waals surface area contributed by atoms with Crippen LogP contribution in [0.3, 0.4) is 0 Å². The normalized spacial score (nSPS) is 10.6. The molecule has 0 saturated heterocycles. The van der Waals surface area contributed by atoms with E-state index in [0.717, 1.165) is 0 Å². The number of aryl methyl sites for hydroxylation is 1. The summed E-state index contributed by atoms with van der Waals surface area (Å²) in [5.41, 5.74) is 0. The van der Waals surface area contributed by atoms with E-state index < -0.39 is 0 Å². The van der Waals surface area contributed by atoms with Crippen LogP contribution in [0.2, 0.25) is 0 Å². The first-order valence-corrected chi connectivity index (χ1v) is 2.84. The highest BCUT2D eigenvalue weighted by Gasteiger charge is 2.00. The summed E-state index contributed by atoms with van der Waals surface area (Å²) >= 11 is 0. The third-order valence-electron chi connectivity index (χ3n) is 0.861. The minimum absolute atomic E-state index is 0.0849. The van der Waals surface area contributed by atoms with Crippen LogP contribution < -0.4 is 5.84 Å². The lowest BCUT2D eigenvalue weighted by atomic mass is 10.7. The Balaban J connectivity index is 2.38. The second kappa shape index (κ2) is 3.49. The predicted molar refractivity (Wildman–Crippen MR) is 32.9 cm³/mol. The summed E-state index contributed by atoms with van der Waals surface area (Å²) in [5.74, 6) is 5.49. The van der Waals surface area contributed by atoms with Crippen LogP contribution in [-0.4, -0.2) is 10.2 Å². The van der Waals surface area contributed by atoms with Gasteiger partial charge in [0.25, 0.3) is 5.89 Å². The summed E-state index contributed by atoms with van der Waals surface area (Å²) in [7, 11) is 0. The summed E-state index contributed by atoms with van der Waals surface area (Å²) in [4.78, 5) is 4.52. The monoisotopic (exact) mass is 157 g/mol. The van der Waals surface area contributed by atoms with E-state index in [-0.39, 0.29) is 6.61 Å². The topological polar surface area (TPSA) is 98.9 Å². The summed E-state index contributed by atoms with van der Waals surface area (Å²) < 4.78 is 4.94. The molecule has 11 heavy (non-hydrogen) atoms. The molecule has 2 N–H and O–H groups in total. The van der Waals surface area contributed by atoms with Crippen LogP contribution >= 0.6 is 0 Å². The highest BCUT2D eigenvalue weighted by Crippen LogP contribution is 1.99. The van der Waals surface area contributed by atoms with E-state index in [4.69, 9.17) is 4.42 Å². The maximum absolute atomic E-state index is 4.94. The van der Waals surface area contributed by atoms with Gasteiger partial charge in [-0.05, 0) is 5.22 Å². The van der Waals surface area contributed by atoms with Crippen molar-refractivity contribution in [2.45, 2.75) is 13.5 Å². The first kappa shape index (κ1) is 7.45. The Morgan fingerprint density at radius 2 is 2.45 bits per heavy atom. The molecule has 60 valence electrons. The van der Waals surface area contributed by atoms with Crippen LogP contribution in [0, 0.1) is 6.92 Å². The van der Waals surface area contributed by atoms with Crippen molar-refractivity contribution in [3.63, 3.8) is 0 Å². The fraction of sp³-hybridized carbons (Fsp3) is 0.500. The minimum atomic E-state index is 0.0849. The minimum Gasteiger partial charge on any atom is -0.422 e. The lowest BCUT2D eigenvalue weighted by molar-refractivity contribution is 0.0902. The molecule has 0 spiro atoms. The molecule has 0 aliphatic rings. The van der Waals surface area contributed by atoms with Crippen molar-refractivity contribution in [3.8, 4) is 0 Å². The molecule has 7 heteroatoms. The van der Waals surface area contributed by atoms with Gasteiger partial charge in [-0.15, -0.1) is 10.2 Å². The average molecular weight is 157 g/mol. The van der Waals surface area contributed by atoms with Crippen LogP contribution in [0.5, 0.6) is 0 Å². The molecule has 0 amide bonds. The average Bonchev–Trinajstić information content (AvgIpc) is 2.37. The molecule has 0 unspecified atom stereocenters. The number of aromatic nitrogens is 2. The summed E-state index contributed by atoms with van der Waals surface area (Å²) in [6.07, 6.45) is 0. The van der Waals surface area contributed by atoms with E-state index in [1.807, 2.05) is 0 Å². The van der Waals surface area contributed by atoms with Crippen LogP contribution in [0.15, 0.2) is 14.9 Å². The molecule has 0 aliphatic carbocycles. The van der Waals surface area contributed by atoms with Gasteiger partial charge in [0.2, 0.25) is 5.89 Å². The lowest BCUT2D eigenvalue weighted by Gasteiger charge is -1.88. The molecule has 0 fully saturated rings. The second-order valence-corrected chi connectivity index (χ2v) is 1.69. The summed E-state index contributed by atoms with van der Waals surface area (Å²) in [6.45, 7) is 1.77. The second-order valence-electron chi connectivity index (χ2n) is 1.69. The van der Waals surface area contributed by atoms with Gasteiger partial charge >= 0.3 is 0 Å². The van der Waals surface area contributed by atoms with Crippen molar-refractivity contribution in [1.82, 2.24) is 10.2 Å². The van der Waals surface area contributed by atoms with Crippen molar-refractivity contribution in [2.24, 2.45) is 16.3 Å². The SMILES string of the molecule is Cc1nnc(CON=NN)o1. The van der Waals surface area contributed by atoms with E-state index in [9.17, 15) is 0 Å². The molecule has 1 aromatic rings. The van der Waals surface area contributed by atoms with Crippen LogP contribution in [-0.2, 0) is 11.4 Å². The van der Waals surface area contributed by atoms with Gasteiger partial charge in [0, 0.05) is 12.2 Å². The molecule has 0 saturated carbocycles. The maximum atomic E-state index is 4.94. The van der Waals surface area contributed by atoms with Gasteiger partial charge in [-0.25, -0.2) is 0 Å². The third-order valence-corrected chi connectivity index (χ3v) is 0.861. The van der Waals surface area contributed by atoms with E-state index in [2.05, 4.69) is 31.4 Å². The Kier molecular flexibility index (Phi) is 2.37. The summed E-state index contributed by atoms with van der Waals surface area (Å²) in [5, 5.41) is 13.1. The Morgan fingerprint density at radius 3 is 3.00 bits per heavy atom. The zero-order valence-electron chi connectivity index (χ0n) is 5.89. The fourth-order valence-corrected chi connectivity index (χ4v) is 0.513. The molecular weight excluding hydrogens is 150 g/mol. The zero-order valence-corrected chi connectivity index (χ0v) is 5.89. The van der Waals surface area contributed by atoms with Gasteiger partial charge in [0.15, 0.2) is 6.61 Å². The largest absolute Gasteiger partial charge is 0.422 e. The van der Waals surface area contributed by atoms with Gasteiger partial charge in [-0.2, -0.15) is 0 Å². The number of hydrogen-bond acceptors (Lipinski definition) is 6. The Hall–Kier alpha value is -1.66. The molecule has 7 nitrogen and oxygen atoms in total. The molecule has 1 heterocycles. The molecule has 0 radical (unpaired) electrons. The van der Waals surface area contributed by atoms with E-state index in [0.29, 0.717) is 11.8 Å². The molecule has 0 bridgehead atoms. The van der Waals surface area contributed by atoms with Crippen molar-refractivity contribution in [3.05, 3.63) is 11.8 Å². The van der Waals surface area contributed by atoms with Gasteiger partial charge in [-0.3, -0.25) is 0 Å². The Labute approximate surface area is 62.2 Å².